The first kappa shape index (κ1) is 25.0. The molecule has 0 aliphatic rings. The van der Waals surface area contributed by atoms with Gasteiger partial charge in [-0.1, -0.05) is 12.1 Å². The number of hydrogen-bond acceptors (Lipinski definition) is 5. The zero-order valence-electron chi connectivity index (χ0n) is 19.2. The molecule has 9 heteroatoms. The van der Waals surface area contributed by atoms with Crippen LogP contribution in [0.1, 0.15) is 11.1 Å². The number of rotatable bonds is 10. The molecule has 0 aliphatic carbocycles. The molecule has 0 saturated carbocycles. The van der Waals surface area contributed by atoms with Gasteiger partial charge in [0.2, 0.25) is 5.91 Å². The number of sulfonamides is 1. The van der Waals surface area contributed by atoms with Gasteiger partial charge in [0.1, 0.15) is 30.5 Å². The second-order valence-corrected chi connectivity index (χ2v) is 9.49. The molecule has 1 N–H and O–H groups in total. The van der Waals surface area contributed by atoms with Crippen LogP contribution in [0.3, 0.4) is 0 Å². The second kappa shape index (κ2) is 11.0. The maximum atomic E-state index is 13.4. The number of carbonyl (C=O) groups excluding carboxylic acids is 1. The third-order valence-corrected chi connectivity index (χ3v) is 6.86. The van der Waals surface area contributed by atoms with Crippen LogP contribution < -0.4 is 19.1 Å². The quantitative estimate of drug-likeness (QED) is 0.440. The fourth-order valence-electron chi connectivity index (χ4n) is 3.20. The number of nitrogens with one attached hydrogen (secondary N) is 1. The van der Waals surface area contributed by atoms with Gasteiger partial charge in [0.25, 0.3) is 10.0 Å². The fraction of sp³-hybridized carbons (Fsp3) is 0.240. The van der Waals surface area contributed by atoms with E-state index in [0.29, 0.717) is 5.75 Å². The molecule has 34 heavy (non-hydrogen) atoms. The van der Waals surface area contributed by atoms with Crippen LogP contribution in [0.5, 0.6) is 11.5 Å². The Morgan fingerprint density at radius 1 is 1.00 bits per heavy atom. The molecular weight excluding hydrogens is 459 g/mol. The summed E-state index contributed by atoms with van der Waals surface area (Å²) in [4.78, 5) is 12.6. The molecule has 0 aromatic heterocycles. The summed E-state index contributed by atoms with van der Waals surface area (Å²) in [7, 11) is -2.63. The van der Waals surface area contributed by atoms with Gasteiger partial charge in [0.05, 0.1) is 24.2 Å². The molecule has 3 aromatic carbocycles. The van der Waals surface area contributed by atoms with Crippen molar-refractivity contribution in [3.63, 3.8) is 0 Å². The maximum absolute atomic E-state index is 13.4. The molecule has 1 amide bonds. The summed E-state index contributed by atoms with van der Waals surface area (Å²) in [6, 6.07) is 16.6. The van der Waals surface area contributed by atoms with Gasteiger partial charge < -0.3 is 14.8 Å². The average Bonchev–Trinajstić information content (AvgIpc) is 2.83. The normalized spacial score (nSPS) is 11.1. The van der Waals surface area contributed by atoms with E-state index >= 15 is 0 Å². The van der Waals surface area contributed by atoms with Crippen molar-refractivity contribution in [1.82, 2.24) is 5.32 Å². The predicted octanol–water partition coefficient (Wildman–Crippen LogP) is 3.84. The lowest BCUT2D eigenvalue weighted by molar-refractivity contribution is -0.119. The smallest absolute Gasteiger partial charge is 0.264 e. The highest BCUT2D eigenvalue weighted by molar-refractivity contribution is 7.92. The molecule has 0 saturated heterocycles. The molecule has 7 nitrogen and oxygen atoms in total. The summed E-state index contributed by atoms with van der Waals surface area (Å²) in [5, 5.41) is 2.68. The van der Waals surface area contributed by atoms with E-state index in [1.54, 1.807) is 0 Å². The molecule has 0 spiro atoms. The molecule has 0 radical (unpaired) electrons. The highest BCUT2D eigenvalue weighted by atomic mass is 32.2. The third-order valence-electron chi connectivity index (χ3n) is 5.07. The number of carbonyl (C=O) groups is 1. The molecular formula is C25H27FN2O5S. The summed E-state index contributed by atoms with van der Waals surface area (Å²) in [6.07, 6.45) is 0. The number of halogens is 1. The standard InChI is InChI=1S/C25H27FN2O5S/c1-18-4-5-19(2)24(16-18)33-15-14-27-25(29)17-28(21-8-6-20(26)7-9-21)34(30,31)23-12-10-22(32-3)11-13-23/h4-13,16H,14-15,17H2,1-3H3,(H,27,29). The van der Waals surface area contributed by atoms with Gasteiger partial charge in [-0.15, -0.1) is 0 Å². The summed E-state index contributed by atoms with van der Waals surface area (Å²) in [5.41, 5.74) is 2.20. The van der Waals surface area contributed by atoms with Gasteiger partial charge in [-0.05, 0) is 79.6 Å². The minimum Gasteiger partial charge on any atom is -0.497 e. The number of aryl methyl sites for hydroxylation is 2. The topological polar surface area (TPSA) is 84.9 Å². The molecule has 180 valence electrons. The molecule has 0 fully saturated rings. The van der Waals surface area contributed by atoms with E-state index in [2.05, 4.69) is 5.32 Å². The lowest BCUT2D eigenvalue weighted by Gasteiger charge is -2.24. The van der Waals surface area contributed by atoms with E-state index in [0.717, 1.165) is 33.3 Å². The summed E-state index contributed by atoms with van der Waals surface area (Å²) >= 11 is 0. The van der Waals surface area contributed by atoms with Crippen molar-refractivity contribution in [1.29, 1.82) is 0 Å². The SMILES string of the molecule is COc1ccc(S(=O)(=O)N(CC(=O)NCCOc2cc(C)ccc2C)c2ccc(F)cc2)cc1. The molecule has 3 aromatic rings. The van der Waals surface area contributed by atoms with Crippen molar-refractivity contribution in [3.8, 4) is 11.5 Å². The first-order valence-corrected chi connectivity index (χ1v) is 12.0. The zero-order valence-corrected chi connectivity index (χ0v) is 20.1. The molecule has 0 bridgehead atoms. The highest BCUT2D eigenvalue weighted by Gasteiger charge is 2.27. The van der Waals surface area contributed by atoms with E-state index in [1.807, 2.05) is 32.0 Å². The number of amides is 1. The number of anilines is 1. The van der Waals surface area contributed by atoms with Crippen molar-refractivity contribution in [2.75, 3.05) is 31.1 Å². The largest absolute Gasteiger partial charge is 0.497 e. The van der Waals surface area contributed by atoms with Gasteiger partial charge in [0, 0.05) is 0 Å². The Kier molecular flexibility index (Phi) is 8.12. The van der Waals surface area contributed by atoms with Crippen LogP contribution in [0, 0.1) is 19.7 Å². The summed E-state index contributed by atoms with van der Waals surface area (Å²) in [6.45, 7) is 3.81. The minimum atomic E-state index is -4.11. The van der Waals surface area contributed by atoms with Gasteiger partial charge in [-0.3, -0.25) is 9.10 Å². The molecule has 0 heterocycles. The van der Waals surface area contributed by atoms with Crippen molar-refractivity contribution in [2.24, 2.45) is 0 Å². The van der Waals surface area contributed by atoms with Crippen LogP contribution in [0.4, 0.5) is 10.1 Å². The van der Waals surface area contributed by atoms with Crippen molar-refractivity contribution < 1.29 is 27.1 Å². The first-order chi connectivity index (χ1) is 16.2. The third kappa shape index (κ3) is 6.26. The Morgan fingerprint density at radius 3 is 2.32 bits per heavy atom. The van der Waals surface area contributed by atoms with E-state index in [-0.39, 0.29) is 23.7 Å². The van der Waals surface area contributed by atoms with Gasteiger partial charge in [-0.2, -0.15) is 0 Å². The maximum Gasteiger partial charge on any atom is 0.264 e. The van der Waals surface area contributed by atoms with E-state index in [9.17, 15) is 17.6 Å². The fourth-order valence-corrected chi connectivity index (χ4v) is 4.62. The Balaban J connectivity index is 1.71. The number of methoxy groups -OCH3 is 1. The Morgan fingerprint density at radius 2 is 1.68 bits per heavy atom. The Hall–Kier alpha value is -3.59. The summed E-state index contributed by atoms with van der Waals surface area (Å²) < 4.78 is 51.8. The first-order valence-electron chi connectivity index (χ1n) is 10.6. The minimum absolute atomic E-state index is 0.0244. The number of benzene rings is 3. The number of nitrogens with zero attached hydrogens (tertiary/aromatic N) is 1. The van der Waals surface area contributed by atoms with E-state index < -0.39 is 28.3 Å². The van der Waals surface area contributed by atoms with E-state index in [4.69, 9.17) is 9.47 Å². The van der Waals surface area contributed by atoms with E-state index in [1.165, 1.54) is 43.5 Å². The molecule has 0 atom stereocenters. The lowest BCUT2D eigenvalue weighted by Crippen LogP contribution is -2.41. The Bertz CT molecular complexity index is 1230. The monoisotopic (exact) mass is 486 g/mol. The Labute approximate surface area is 199 Å². The molecule has 0 unspecified atom stereocenters. The van der Waals surface area contributed by atoms with Crippen molar-refractivity contribution in [3.05, 3.63) is 83.7 Å². The lowest BCUT2D eigenvalue weighted by atomic mass is 10.1. The van der Waals surface area contributed by atoms with Crippen molar-refractivity contribution >= 4 is 21.6 Å². The predicted molar refractivity (Wildman–Crippen MR) is 128 cm³/mol. The second-order valence-electron chi connectivity index (χ2n) is 7.63. The van der Waals surface area contributed by atoms with Crippen LogP contribution in [-0.2, 0) is 14.8 Å². The van der Waals surface area contributed by atoms with Gasteiger partial charge in [-0.25, -0.2) is 12.8 Å². The molecule has 3 rings (SSSR count). The highest BCUT2D eigenvalue weighted by Crippen LogP contribution is 2.25. The van der Waals surface area contributed by atoms with Crippen LogP contribution >= 0.6 is 0 Å². The van der Waals surface area contributed by atoms with Crippen molar-refractivity contribution in [2.45, 2.75) is 18.7 Å². The van der Waals surface area contributed by atoms with Crippen LogP contribution in [0.2, 0.25) is 0 Å². The van der Waals surface area contributed by atoms with Crippen LogP contribution in [-0.4, -0.2) is 41.1 Å². The van der Waals surface area contributed by atoms with Gasteiger partial charge >= 0.3 is 0 Å². The van der Waals surface area contributed by atoms with Crippen LogP contribution in [0.25, 0.3) is 0 Å². The molecule has 0 aliphatic heterocycles. The van der Waals surface area contributed by atoms with Gasteiger partial charge in [0.15, 0.2) is 0 Å². The zero-order chi connectivity index (χ0) is 24.7. The average molecular weight is 487 g/mol. The number of hydrogen-bond donors (Lipinski definition) is 1. The summed E-state index contributed by atoms with van der Waals surface area (Å²) in [5.74, 6) is 0.183. The number of ether oxygens (including phenoxy) is 2. The van der Waals surface area contributed by atoms with Crippen LogP contribution in [0.15, 0.2) is 71.6 Å².